The minimum atomic E-state index is 0.132. The first-order valence-corrected chi connectivity index (χ1v) is 8.01. The molecule has 0 aromatic carbocycles. The van der Waals surface area contributed by atoms with Gasteiger partial charge in [0.05, 0.1) is 0 Å². The smallest absolute Gasteiger partial charge is 0.254 e. The molecule has 2 aliphatic rings. The van der Waals surface area contributed by atoms with E-state index in [1.165, 1.54) is 12.8 Å². The van der Waals surface area contributed by atoms with Crippen molar-refractivity contribution < 1.29 is 4.79 Å². The standard InChI is InChI=1S/C16H24N4O/c1-2-6-17-15-12-13(5-7-18-15)16(21)20-10-8-19(9-11-20)14-3-4-14/h5,7,12,14H,2-4,6,8-11H2,1H3,(H,17,18). The van der Waals surface area contributed by atoms with Gasteiger partial charge in [-0.25, -0.2) is 4.98 Å². The summed E-state index contributed by atoms with van der Waals surface area (Å²) in [6, 6.07) is 4.48. The van der Waals surface area contributed by atoms with Crippen molar-refractivity contribution in [3.8, 4) is 0 Å². The molecule has 1 aliphatic heterocycles. The zero-order valence-corrected chi connectivity index (χ0v) is 12.7. The summed E-state index contributed by atoms with van der Waals surface area (Å²) in [5, 5.41) is 3.23. The van der Waals surface area contributed by atoms with Crippen LogP contribution in [0.3, 0.4) is 0 Å². The van der Waals surface area contributed by atoms with E-state index in [1.54, 1.807) is 6.20 Å². The fraction of sp³-hybridized carbons (Fsp3) is 0.625. The number of nitrogens with one attached hydrogen (secondary N) is 1. The molecule has 0 unspecified atom stereocenters. The van der Waals surface area contributed by atoms with E-state index in [4.69, 9.17) is 0 Å². The summed E-state index contributed by atoms with van der Waals surface area (Å²) in [6.07, 6.45) is 5.43. The van der Waals surface area contributed by atoms with Crippen LogP contribution in [-0.4, -0.2) is 59.5 Å². The SMILES string of the molecule is CCCNc1cc(C(=O)N2CCN(C3CC3)CC2)ccn1. The minimum Gasteiger partial charge on any atom is -0.370 e. The van der Waals surface area contributed by atoms with Gasteiger partial charge in [-0.1, -0.05) is 6.92 Å². The highest BCUT2D eigenvalue weighted by molar-refractivity contribution is 5.94. The van der Waals surface area contributed by atoms with Gasteiger partial charge in [0.2, 0.25) is 0 Å². The summed E-state index contributed by atoms with van der Waals surface area (Å²) in [6.45, 7) is 6.71. The van der Waals surface area contributed by atoms with Crippen LogP contribution in [0.2, 0.25) is 0 Å². The second-order valence-electron chi connectivity index (χ2n) is 5.92. The van der Waals surface area contributed by atoms with Crippen LogP contribution in [0.5, 0.6) is 0 Å². The van der Waals surface area contributed by atoms with Crippen molar-refractivity contribution in [3.05, 3.63) is 23.9 Å². The first-order chi connectivity index (χ1) is 10.3. The number of hydrogen-bond donors (Lipinski definition) is 1. The van der Waals surface area contributed by atoms with Crippen molar-refractivity contribution in [1.82, 2.24) is 14.8 Å². The number of aromatic nitrogens is 1. The van der Waals surface area contributed by atoms with E-state index in [1.807, 2.05) is 17.0 Å². The zero-order chi connectivity index (χ0) is 14.7. The van der Waals surface area contributed by atoms with Crippen LogP contribution in [-0.2, 0) is 0 Å². The molecule has 1 aromatic rings. The molecule has 21 heavy (non-hydrogen) atoms. The van der Waals surface area contributed by atoms with E-state index in [0.717, 1.165) is 56.6 Å². The van der Waals surface area contributed by atoms with E-state index in [-0.39, 0.29) is 5.91 Å². The van der Waals surface area contributed by atoms with Gasteiger partial charge >= 0.3 is 0 Å². The second-order valence-corrected chi connectivity index (χ2v) is 5.92. The van der Waals surface area contributed by atoms with Crippen LogP contribution < -0.4 is 5.32 Å². The summed E-state index contributed by atoms with van der Waals surface area (Å²) in [5.41, 5.74) is 0.739. The van der Waals surface area contributed by atoms with Crippen molar-refractivity contribution in [2.24, 2.45) is 0 Å². The summed E-state index contributed by atoms with van der Waals surface area (Å²) in [5.74, 6) is 0.923. The Morgan fingerprint density at radius 1 is 1.33 bits per heavy atom. The number of anilines is 1. The quantitative estimate of drug-likeness (QED) is 0.898. The zero-order valence-electron chi connectivity index (χ0n) is 12.7. The number of nitrogens with zero attached hydrogens (tertiary/aromatic N) is 3. The topological polar surface area (TPSA) is 48.5 Å². The molecule has 5 nitrogen and oxygen atoms in total. The first-order valence-electron chi connectivity index (χ1n) is 8.01. The molecule has 114 valence electrons. The Hall–Kier alpha value is -1.62. The van der Waals surface area contributed by atoms with Crippen molar-refractivity contribution in [2.75, 3.05) is 38.0 Å². The number of amides is 1. The molecule has 0 bridgehead atoms. The van der Waals surface area contributed by atoms with Crippen LogP contribution in [0.4, 0.5) is 5.82 Å². The van der Waals surface area contributed by atoms with Gasteiger partial charge < -0.3 is 10.2 Å². The molecule has 1 saturated carbocycles. The maximum Gasteiger partial charge on any atom is 0.254 e. The molecule has 1 aromatic heterocycles. The fourth-order valence-electron chi connectivity index (χ4n) is 2.83. The molecular weight excluding hydrogens is 264 g/mol. The Morgan fingerprint density at radius 3 is 2.76 bits per heavy atom. The van der Waals surface area contributed by atoms with Gasteiger partial charge in [0.25, 0.3) is 5.91 Å². The van der Waals surface area contributed by atoms with E-state index in [2.05, 4.69) is 22.1 Å². The third-order valence-corrected chi connectivity index (χ3v) is 4.23. The maximum atomic E-state index is 12.6. The maximum absolute atomic E-state index is 12.6. The molecule has 0 radical (unpaired) electrons. The van der Waals surface area contributed by atoms with Gasteiger partial charge in [-0.05, 0) is 31.4 Å². The highest BCUT2D eigenvalue weighted by Gasteiger charge is 2.32. The van der Waals surface area contributed by atoms with Crippen molar-refractivity contribution >= 4 is 11.7 Å². The number of hydrogen-bond acceptors (Lipinski definition) is 4. The van der Waals surface area contributed by atoms with Crippen molar-refractivity contribution in [2.45, 2.75) is 32.2 Å². The Morgan fingerprint density at radius 2 is 2.10 bits per heavy atom. The fourth-order valence-corrected chi connectivity index (χ4v) is 2.83. The number of pyridine rings is 1. The van der Waals surface area contributed by atoms with Gasteiger partial charge in [-0.2, -0.15) is 0 Å². The molecule has 0 spiro atoms. The normalized spacial score (nSPS) is 19.6. The third-order valence-electron chi connectivity index (χ3n) is 4.23. The molecule has 1 amide bonds. The molecule has 1 N–H and O–H groups in total. The molecule has 3 rings (SSSR count). The van der Waals surface area contributed by atoms with E-state index < -0.39 is 0 Å². The van der Waals surface area contributed by atoms with Crippen LogP contribution in [0, 0.1) is 0 Å². The average Bonchev–Trinajstić information content (AvgIpc) is 3.37. The van der Waals surface area contributed by atoms with Gasteiger partial charge in [-0.15, -0.1) is 0 Å². The predicted molar refractivity (Wildman–Crippen MR) is 83.5 cm³/mol. The van der Waals surface area contributed by atoms with Crippen LogP contribution in [0.1, 0.15) is 36.5 Å². The van der Waals surface area contributed by atoms with Crippen LogP contribution in [0.15, 0.2) is 18.3 Å². The largest absolute Gasteiger partial charge is 0.370 e. The Bertz CT molecular complexity index is 493. The van der Waals surface area contributed by atoms with E-state index in [0.29, 0.717) is 0 Å². The van der Waals surface area contributed by atoms with Gasteiger partial charge in [0.1, 0.15) is 5.82 Å². The van der Waals surface area contributed by atoms with Gasteiger partial charge in [-0.3, -0.25) is 9.69 Å². The van der Waals surface area contributed by atoms with Crippen molar-refractivity contribution in [1.29, 1.82) is 0 Å². The van der Waals surface area contributed by atoms with Gasteiger partial charge in [0.15, 0.2) is 0 Å². The third kappa shape index (κ3) is 3.53. The highest BCUT2D eigenvalue weighted by Crippen LogP contribution is 2.27. The highest BCUT2D eigenvalue weighted by atomic mass is 16.2. The minimum absolute atomic E-state index is 0.132. The lowest BCUT2D eigenvalue weighted by Crippen LogP contribution is -2.49. The second kappa shape index (κ2) is 6.43. The molecule has 2 heterocycles. The van der Waals surface area contributed by atoms with Crippen LogP contribution >= 0.6 is 0 Å². The lowest BCUT2D eigenvalue weighted by molar-refractivity contribution is 0.0627. The molecule has 5 heteroatoms. The van der Waals surface area contributed by atoms with E-state index in [9.17, 15) is 4.79 Å². The lowest BCUT2D eigenvalue weighted by atomic mass is 10.2. The first kappa shape index (κ1) is 14.3. The number of carbonyl (C=O) groups excluding carboxylic acids is 1. The molecule has 1 saturated heterocycles. The molecule has 2 fully saturated rings. The molecular formula is C16H24N4O. The number of rotatable bonds is 5. The van der Waals surface area contributed by atoms with Gasteiger partial charge in [0, 0.05) is 50.5 Å². The predicted octanol–water partition coefficient (Wildman–Crippen LogP) is 1.82. The number of piperazine rings is 1. The molecule has 0 atom stereocenters. The summed E-state index contributed by atoms with van der Waals surface area (Å²) >= 11 is 0. The van der Waals surface area contributed by atoms with Crippen molar-refractivity contribution in [3.63, 3.8) is 0 Å². The molecule has 1 aliphatic carbocycles. The summed E-state index contributed by atoms with van der Waals surface area (Å²) in [4.78, 5) is 21.3. The Kier molecular flexibility index (Phi) is 4.39. The Balaban J connectivity index is 1.59. The summed E-state index contributed by atoms with van der Waals surface area (Å²) in [7, 11) is 0. The monoisotopic (exact) mass is 288 g/mol. The Labute approximate surface area is 126 Å². The number of carbonyl (C=O) groups is 1. The van der Waals surface area contributed by atoms with E-state index >= 15 is 0 Å². The summed E-state index contributed by atoms with van der Waals surface area (Å²) < 4.78 is 0. The van der Waals surface area contributed by atoms with Crippen LogP contribution in [0.25, 0.3) is 0 Å². The average molecular weight is 288 g/mol. The lowest BCUT2D eigenvalue weighted by Gasteiger charge is -2.34.